The minimum atomic E-state index is -4.33. The van der Waals surface area contributed by atoms with Crippen molar-refractivity contribution >= 4 is 11.9 Å². The van der Waals surface area contributed by atoms with Crippen LogP contribution in [0.4, 0.5) is 13.2 Å². The summed E-state index contributed by atoms with van der Waals surface area (Å²) in [6.07, 6.45) is 3.99. The minimum absolute atomic E-state index is 0.212. The highest BCUT2D eigenvalue weighted by Crippen LogP contribution is 2.29. The van der Waals surface area contributed by atoms with Crippen LogP contribution in [0.3, 0.4) is 0 Å². The fourth-order valence-corrected chi connectivity index (χ4v) is 5.65. The molecule has 0 spiro atoms. The van der Waals surface area contributed by atoms with E-state index in [2.05, 4.69) is 17.0 Å². The van der Waals surface area contributed by atoms with Gasteiger partial charge >= 0.3 is 18.1 Å². The molecule has 0 radical (unpaired) electrons. The molecular formula is C39H44F3NO5. The fraction of sp³-hybridized carbons (Fsp3) is 0.385. The summed E-state index contributed by atoms with van der Waals surface area (Å²) >= 11 is 0. The van der Waals surface area contributed by atoms with Crippen molar-refractivity contribution < 1.29 is 37.0 Å². The first-order chi connectivity index (χ1) is 23.1. The molecule has 1 aliphatic rings. The van der Waals surface area contributed by atoms with Gasteiger partial charge in [0.25, 0.3) is 0 Å². The quantitative estimate of drug-likeness (QED) is 0.107. The maximum atomic E-state index is 12.9. The van der Waals surface area contributed by atoms with E-state index in [4.69, 9.17) is 14.2 Å². The molecule has 1 aliphatic carbocycles. The molecule has 3 aromatic rings. The molecule has 3 aromatic carbocycles. The summed E-state index contributed by atoms with van der Waals surface area (Å²) in [6, 6.07) is 23.6. The SMILES string of the molecule is COC(=O)CCCCN(CC1=CC=C(C(=O)OC)CC1)C[C@H](OCc1ccc(CCc2ccc(C(F)(F)F)cc2)cc1)c1ccccc1. The molecule has 0 unspecified atom stereocenters. The summed E-state index contributed by atoms with van der Waals surface area (Å²) in [7, 11) is 2.79. The van der Waals surface area contributed by atoms with Crippen molar-refractivity contribution in [3.05, 3.63) is 130 Å². The van der Waals surface area contributed by atoms with E-state index < -0.39 is 11.7 Å². The number of nitrogens with zero attached hydrogens (tertiary/aromatic N) is 1. The van der Waals surface area contributed by atoms with Crippen LogP contribution in [0.1, 0.15) is 66.0 Å². The predicted octanol–water partition coefficient (Wildman–Crippen LogP) is 8.21. The Morgan fingerprint density at radius 3 is 2.02 bits per heavy atom. The van der Waals surface area contributed by atoms with Gasteiger partial charge in [0.05, 0.1) is 32.5 Å². The molecule has 4 rings (SSSR count). The second-order valence-corrected chi connectivity index (χ2v) is 12.0. The predicted molar refractivity (Wildman–Crippen MR) is 179 cm³/mol. The maximum absolute atomic E-state index is 12.9. The molecule has 0 aliphatic heterocycles. The number of hydrogen-bond donors (Lipinski definition) is 0. The zero-order chi connectivity index (χ0) is 34.4. The van der Waals surface area contributed by atoms with Crippen LogP contribution in [-0.4, -0.2) is 50.7 Å². The Balaban J connectivity index is 1.40. The van der Waals surface area contributed by atoms with Crippen molar-refractivity contribution in [3.63, 3.8) is 0 Å². The minimum Gasteiger partial charge on any atom is -0.469 e. The molecule has 1 atom stereocenters. The molecule has 6 nitrogen and oxygen atoms in total. The number of unbranched alkanes of at least 4 members (excludes halogenated alkanes) is 1. The van der Waals surface area contributed by atoms with E-state index >= 15 is 0 Å². The maximum Gasteiger partial charge on any atom is 0.416 e. The first-order valence-electron chi connectivity index (χ1n) is 16.3. The molecule has 0 fully saturated rings. The number of hydrogen-bond acceptors (Lipinski definition) is 6. The van der Waals surface area contributed by atoms with Crippen LogP contribution in [0, 0.1) is 0 Å². The summed E-state index contributed by atoms with van der Waals surface area (Å²) in [5.41, 5.74) is 5.30. The number of aryl methyl sites for hydroxylation is 2. The van der Waals surface area contributed by atoms with Gasteiger partial charge in [-0.25, -0.2) is 4.79 Å². The lowest BCUT2D eigenvalue weighted by atomic mass is 9.97. The summed E-state index contributed by atoms with van der Waals surface area (Å²) < 4.78 is 54.9. The van der Waals surface area contributed by atoms with Gasteiger partial charge < -0.3 is 14.2 Å². The highest BCUT2D eigenvalue weighted by molar-refractivity contribution is 5.89. The monoisotopic (exact) mass is 663 g/mol. The molecule has 0 saturated heterocycles. The fourth-order valence-electron chi connectivity index (χ4n) is 5.65. The Bertz CT molecular complexity index is 1520. The first-order valence-corrected chi connectivity index (χ1v) is 16.3. The second-order valence-electron chi connectivity index (χ2n) is 12.0. The van der Waals surface area contributed by atoms with Crippen molar-refractivity contribution in [2.24, 2.45) is 0 Å². The Kier molecular flexibility index (Phi) is 14.0. The third-order valence-corrected chi connectivity index (χ3v) is 8.50. The van der Waals surface area contributed by atoms with Crippen LogP contribution >= 0.6 is 0 Å². The highest BCUT2D eigenvalue weighted by Gasteiger charge is 2.30. The van der Waals surface area contributed by atoms with Crippen molar-refractivity contribution in [1.29, 1.82) is 0 Å². The third-order valence-electron chi connectivity index (χ3n) is 8.50. The van der Waals surface area contributed by atoms with Crippen LogP contribution < -0.4 is 0 Å². The number of carbonyl (C=O) groups is 2. The van der Waals surface area contributed by atoms with Crippen molar-refractivity contribution in [2.45, 2.75) is 63.8 Å². The van der Waals surface area contributed by atoms with Gasteiger partial charge in [-0.1, -0.05) is 84.5 Å². The highest BCUT2D eigenvalue weighted by atomic mass is 19.4. The molecule has 256 valence electrons. The van der Waals surface area contributed by atoms with E-state index in [0.29, 0.717) is 44.5 Å². The van der Waals surface area contributed by atoms with Crippen LogP contribution in [-0.2, 0) is 49.4 Å². The lowest BCUT2D eigenvalue weighted by Crippen LogP contribution is -2.33. The van der Waals surface area contributed by atoms with Crippen LogP contribution in [0.2, 0.25) is 0 Å². The van der Waals surface area contributed by atoms with Gasteiger partial charge in [0.2, 0.25) is 0 Å². The molecule has 48 heavy (non-hydrogen) atoms. The van der Waals surface area contributed by atoms with Gasteiger partial charge in [0.1, 0.15) is 0 Å². The summed E-state index contributed by atoms with van der Waals surface area (Å²) in [5.74, 6) is -0.511. The van der Waals surface area contributed by atoms with Crippen LogP contribution in [0.15, 0.2) is 102 Å². The van der Waals surface area contributed by atoms with Gasteiger partial charge in [0, 0.05) is 25.1 Å². The third kappa shape index (κ3) is 11.8. The molecule has 0 bridgehead atoms. The van der Waals surface area contributed by atoms with Gasteiger partial charge in [-0.2, -0.15) is 13.2 Å². The number of rotatable bonds is 17. The zero-order valence-electron chi connectivity index (χ0n) is 27.6. The van der Waals surface area contributed by atoms with E-state index in [1.165, 1.54) is 31.9 Å². The molecular weight excluding hydrogens is 619 g/mol. The Morgan fingerprint density at radius 1 is 0.792 bits per heavy atom. The molecule has 0 N–H and O–H groups in total. The van der Waals surface area contributed by atoms with Gasteiger partial charge in [-0.3, -0.25) is 9.69 Å². The number of ether oxygens (including phenoxy) is 3. The number of alkyl halides is 3. The molecule has 9 heteroatoms. The lowest BCUT2D eigenvalue weighted by Gasteiger charge is -2.29. The Labute approximate surface area is 281 Å². The number of halogens is 3. The van der Waals surface area contributed by atoms with E-state index in [1.807, 2.05) is 54.6 Å². The summed E-state index contributed by atoms with van der Waals surface area (Å²) in [5, 5.41) is 0. The summed E-state index contributed by atoms with van der Waals surface area (Å²) in [6.45, 7) is 2.52. The number of methoxy groups -OCH3 is 2. The van der Waals surface area contributed by atoms with Crippen LogP contribution in [0.25, 0.3) is 0 Å². The summed E-state index contributed by atoms with van der Waals surface area (Å²) in [4.78, 5) is 26.0. The van der Waals surface area contributed by atoms with Crippen molar-refractivity contribution in [3.8, 4) is 0 Å². The smallest absolute Gasteiger partial charge is 0.416 e. The topological polar surface area (TPSA) is 65.1 Å². The second kappa shape index (κ2) is 18.4. The van der Waals surface area contributed by atoms with Crippen LogP contribution in [0.5, 0.6) is 0 Å². The van der Waals surface area contributed by atoms with Gasteiger partial charge in [-0.15, -0.1) is 0 Å². The number of allylic oxidation sites excluding steroid dienone is 2. The molecule has 0 aromatic heterocycles. The van der Waals surface area contributed by atoms with Crippen molar-refractivity contribution in [2.75, 3.05) is 33.9 Å². The average molecular weight is 664 g/mol. The van der Waals surface area contributed by atoms with E-state index in [-0.39, 0.29) is 18.0 Å². The molecule has 0 heterocycles. The van der Waals surface area contributed by atoms with E-state index in [1.54, 1.807) is 0 Å². The van der Waals surface area contributed by atoms with Crippen molar-refractivity contribution in [1.82, 2.24) is 4.90 Å². The van der Waals surface area contributed by atoms with E-state index in [0.717, 1.165) is 66.6 Å². The Morgan fingerprint density at radius 2 is 1.44 bits per heavy atom. The largest absolute Gasteiger partial charge is 0.469 e. The standard InChI is InChI=1S/C39H44F3NO5/c1-46-37(44)10-6-7-25-43(26-31-17-21-34(22-18-31)38(45)47-2)27-36(33-8-4-3-5-9-33)48-28-32-15-13-29(14-16-32)11-12-30-19-23-35(24-20-30)39(40,41)42/h3-5,8-9,13-17,19-21,23-24,36H,6-7,10-12,18,22,25-28H2,1-2H3/t36-/m0/s1. The number of carbonyl (C=O) groups excluding carboxylic acids is 2. The lowest BCUT2D eigenvalue weighted by molar-refractivity contribution is -0.141. The normalized spacial score (nSPS) is 13.9. The average Bonchev–Trinajstić information content (AvgIpc) is 3.11. The zero-order valence-corrected chi connectivity index (χ0v) is 27.6. The number of benzene rings is 3. The first kappa shape index (κ1) is 36.6. The van der Waals surface area contributed by atoms with E-state index in [9.17, 15) is 22.8 Å². The molecule has 0 saturated carbocycles. The Hall–Kier alpha value is -4.21. The van der Waals surface area contributed by atoms with Gasteiger partial charge in [-0.05, 0) is 79.5 Å². The number of esters is 2. The van der Waals surface area contributed by atoms with Gasteiger partial charge in [0.15, 0.2) is 0 Å². The molecule has 0 amide bonds.